The third-order valence-electron chi connectivity index (χ3n) is 18.8. The molecular formula is C89H104. The molecule has 0 amide bonds. The maximum Gasteiger partial charge on any atom is 0.0146 e. The summed E-state index contributed by atoms with van der Waals surface area (Å²) in [5, 5.41) is 0. The fourth-order valence-electron chi connectivity index (χ4n) is 12.4. The molecule has 0 aliphatic carbocycles. The second-order valence-corrected chi connectivity index (χ2v) is 26.3. The molecule has 0 nitrogen and oxygen atoms in total. The van der Waals surface area contributed by atoms with Gasteiger partial charge in [0, 0.05) is 22.7 Å². The molecule has 0 aliphatic heterocycles. The molecule has 0 saturated carbocycles. The van der Waals surface area contributed by atoms with Crippen molar-refractivity contribution in [1.82, 2.24) is 0 Å². The molecule has 460 valence electrons. The van der Waals surface area contributed by atoms with E-state index in [1.54, 1.807) is 0 Å². The van der Waals surface area contributed by atoms with Gasteiger partial charge in [-0.25, -0.2) is 0 Å². The summed E-state index contributed by atoms with van der Waals surface area (Å²) in [4.78, 5) is 0. The van der Waals surface area contributed by atoms with Crippen LogP contribution in [-0.2, 0) is 42.9 Å². The first kappa shape index (κ1) is 67.1. The Kier molecular flexibility index (Phi) is 26.7. The Labute approximate surface area is 540 Å². The van der Waals surface area contributed by atoms with Gasteiger partial charge in [-0.05, 0) is 134 Å². The van der Waals surface area contributed by atoms with Gasteiger partial charge in [-0.2, -0.15) is 0 Å². The summed E-state index contributed by atoms with van der Waals surface area (Å²) in [5.74, 6) is 0.841. The third-order valence-corrected chi connectivity index (χ3v) is 18.8. The number of rotatable bonds is 28. The van der Waals surface area contributed by atoms with Crippen LogP contribution in [-0.4, -0.2) is 0 Å². The number of hydrogen-bond donors (Lipinski definition) is 0. The van der Waals surface area contributed by atoms with E-state index in [1.165, 1.54) is 179 Å². The predicted molar refractivity (Wildman–Crippen MR) is 386 cm³/mol. The van der Waals surface area contributed by atoms with Crippen LogP contribution in [0.4, 0.5) is 0 Å². The van der Waals surface area contributed by atoms with Crippen molar-refractivity contribution >= 4 is 0 Å². The highest BCUT2D eigenvalue weighted by Gasteiger charge is 2.24. The molecule has 0 spiro atoms. The van der Waals surface area contributed by atoms with Crippen LogP contribution in [0.1, 0.15) is 233 Å². The lowest BCUT2D eigenvalue weighted by molar-refractivity contribution is 0.607. The Bertz CT molecular complexity index is 3240. The lowest BCUT2D eigenvalue weighted by Gasteiger charge is -2.26. The summed E-state index contributed by atoms with van der Waals surface area (Å²) in [6, 6.07) is 98.1. The highest BCUT2D eigenvalue weighted by atomic mass is 14.3. The van der Waals surface area contributed by atoms with Crippen LogP contribution >= 0.6 is 0 Å². The quantitative estimate of drug-likeness (QED) is 0.0429. The predicted octanol–water partition coefficient (Wildman–Crippen LogP) is 24.6. The minimum atomic E-state index is 0.00442. The van der Waals surface area contributed by atoms with E-state index in [1.807, 2.05) is 0 Å². The summed E-state index contributed by atoms with van der Waals surface area (Å²) in [6.07, 6.45) is 22.0. The van der Waals surface area contributed by atoms with Crippen molar-refractivity contribution in [3.63, 3.8) is 0 Å². The monoisotopic (exact) mass is 1170 g/mol. The molecule has 89 heavy (non-hydrogen) atoms. The molecule has 0 aromatic heterocycles. The second-order valence-electron chi connectivity index (χ2n) is 26.3. The Balaban J connectivity index is 0.000000173. The van der Waals surface area contributed by atoms with E-state index in [2.05, 4.69) is 322 Å². The zero-order valence-electron chi connectivity index (χ0n) is 55.6. The summed E-state index contributed by atoms with van der Waals surface area (Å²) in [7, 11) is 0. The molecule has 10 aromatic carbocycles. The number of unbranched alkanes of at least 4 members (excludes halogenated alkanes) is 10. The van der Waals surface area contributed by atoms with Gasteiger partial charge in [-0.3, -0.25) is 0 Å². The van der Waals surface area contributed by atoms with Crippen molar-refractivity contribution in [2.75, 3.05) is 0 Å². The Hall–Kier alpha value is -7.80. The van der Waals surface area contributed by atoms with Crippen LogP contribution in [0.25, 0.3) is 0 Å². The van der Waals surface area contributed by atoms with Crippen LogP contribution in [0.5, 0.6) is 0 Å². The van der Waals surface area contributed by atoms with Gasteiger partial charge in [-0.1, -0.05) is 387 Å². The SMILES string of the molecule is CC(C)(c1ccccc1)c1ccc(Cc2ccc(C(C)(C)c3ccccc3)cc2)cc1.CC(c1ccccc1)c1ccc(Cc2ccc(C(C)c3ccccc3)cc2)cc1.CCCCCCCCc1ccc(Cc2ccc(CCCCCCCC)cc2)cc1. The maximum atomic E-state index is 2.34. The van der Waals surface area contributed by atoms with Gasteiger partial charge in [0.25, 0.3) is 0 Å². The highest BCUT2D eigenvalue weighted by molar-refractivity contribution is 5.43. The molecule has 10 aromatic rings. The minimum Gasteiger partial charge on any atom is -0.0654 e. The van der Waals surface area contributed by atoms with Crippen molar-refractivity contribution in [1.29, 1.82) is 0 Å². The van der Waals surface area contributed by atoms with E-state index in [9.17, 15) is 0 Å². The molecule has 0 saturated heterocycles. The Morgan fingerprint density at radius 3 is 0.730 bits per heavy atom. The van der Waals surface area contributed by atoms with E-state index in [0.29, 0.717) is 11.8 Å². The van der Waals surface area contributed by atoms with Gasteiger partial charge in [0.2, 0.25) is 0 Å². The lowest BCUT2D eigenvalue weighted by Crippen LogP contribution is -2.18. The fourth-order valence-corrected chi connectivity index (χ4v) is 12.4. The van der Waals surface area contributed by atoms with E-state index >= 15 is 0 Å². The van der Waals surface area contributed by atoms with E-state index in [-0.39, 0.29) is 10.8 Å². The number of hydrogen-bond acceptors (Lipinski definition) is 0. The minimum absolute atomic E-state index is 0.00442. The molecule has 0 heteroatoms. The molecule has 0 radical (unpaired) electrons. The van der Waals surface area contributed by atoms with E-state index in [4.69, 9.17) is 0 Å². The molecule has 0 heterocycles. The largest absolute Gasteiger partial charge is 0.0654 e. The average molecular weight is 1170 g/mol. The van der Waals surface area contributed by atoms with E-state index in [0.717, 1.165) is 19.3 Å². The van der Waals surface area contributed by atoms with E-state index < -0.39 is 0 Å². The Morgan fingerprint density at radius 1 is 0.225 bits per heavy atom. The zero-order valence-corrected chi connectivity index (χ0v) is 55.6. The summed E-state index contributed by atoms with van der Waals surface area (Å²) < 4.78 is 0. The molecule has 0 aliphatic rings. The maximum absolute atomic E-state index is 2.34. The normalized spacial score (nSPS) is 12.0. The second kappa shape index (κ2) is 35.4. The standard InChI is InChI=1S/C31H32.C29H28.C29H44/c1-30(2,26-11-7-5-8-12-26)28-19-15-24(16-20-28)23-25-17-21-29(22-18-25)31(3,4)27-13-9-6-10-14-27;1-22(26-9-5-3-6-10-26)28-17-13-24(14-18-28)21-25-15-19-29(20-16-25)23(2)27-11-7-4-8-12-27;1-3-5-7-9-11-13-15-26-17-21-28(22-18-26)25-29-23-19-27(20-24-29)16-14-12-10-8-6-4-2/h5-22H,23H2,1-4H3;3-20,22-23H,21H2,1-2H3;17-24H,3-16,25H2,1-2H3. The molecule has 2 unspecified atom stereocenters. The van der Waals surface area contributed by atoms with Crippen molar-refractivity contribution in [3.8, 4) is 0 Å². The first-order valence-corrected chi connectivity index (χ1v) is 34.1. The van der Waals surface area contributed by atoms with Gasteiger partial charge >= 0.3 is 0 Å². The summed E-state index contributed by atoms with van der Waals surface area (Å²) >= 11 is 0. The summed E-state index contributed by atoms with van der Waals surface area (Å²) in [5.41, 5.74) is 22.1. The Morgan fingerprint density at radius 2 is 0.438 bits per heavy atom. The van der Waals surface area contributed by atoms with Gasteiger partial charge in [0.1, 0.15) is 0 Å². The van der Waals surface area contributed by atoms with Crippen molar-refractivity contribution in [2.24, 2.45) is 0 Å². The summed E-state index contributed by atoms with van der Waals surface area (Å²) in [6.45, 7) is 18.3. The zero-order chi connectivity index (χ0) is 62.5. The van der Waals surface area contributed by atoms with Gasteiger partial charge in [0.15, 0.2) is 0 Å². The molecular weight excluding hydrogens is 1070 g/mol. The van der Waals surface area contributed by atoms with Crippen LogP contribution in [0.3, 0.4) is 0 Å². The first-order chi connectivity index (χ1) is 43.4. The average Bonchev–Trinajstić information content (AvgIpc) is 2.19. The molecule has 0 N–H and O–H groups in total. The van der Waals surface area contributed by atoms with Crippen molar-refractivity contribution in [3.05, 3.63) is 356 Å². The van der Waals surface area contributed by atoms with Crippen LogP contribution < -0.4 is 0 Å². The van der Waals surface area contributed by atoms with Crippen LogP contribution in [0, 0.1) is 0 Å². The molecule has 0 bridgehead atoms. The molecule has 10 rings (SSSR count). The molecule has 2 atom stereocenters. The number of aryl methyl sites for hydroxylation is 2. The van der Waals surface area contributed by atoms with Gasteiger partial charge < -0.3 is 0 Å². The number of benzene rings is 10. The smallest absolute Gasteiger partial charge is 0.0146 e. The van der Waals surface area contributed by atoms with Crippen molar-refractivity contribution < 1.29 is 0 Å². The van der Waals surface area contributed by atoms with Crippen LogP contribution in [0.2, 0.25) is 0 Å². The first-order valence-electron chi connectivity index (χ1n) is 34.1. The van der Waals surface area contributed by atoms with Crippen molar-refractivity contribution in [2.45, 2.75) is 187 Å². The van der Waals surface area contributed by atoms with Gasteiger partial charge in [0.05, 0.1) is 0 Å². The fraction of sp³-hybridized carbons (Fsp3) is 0.326. The third kappa shape index (κ3) is 21.2. The highest BCUT2D eigenvalue weighted by Crippen LogP contribution is 2.34. The lowest BCUT2D eigenvalue weighted by atomic mass is 9.77. The van der Waals surface area contributed by atoms with Gasteiger partial charge in [-0.15, -0.1) is 0 Å². The topological polar surface area (TPSA) is 0 Å². The van der Waals surface area contributed by atoms with Crippen LogP contribution in [0.15, 0.2) is 267 Å². The molecule has 0 fully saturated rings.